The van der Waals surface area contributed by atoms with Crippen molar-refractivity contribution in [1.29, 1.82) is 0 Å². The zero-order valence-corrected chi connectivity index (χ0v) is 15.2. The van der Waals surface area contributed by atoms with Gasteiger partial charge < -0.3 is 29.6 Å². The van der Waals surface area contributed by atoms with Gasteiger partial charge in [0.1, 0.15) is 30.2 Å². The Bertz CT molecular complexity index is 955. The van der Waals surface area contributed by atoms with Crippen LogP contribution in [0.2, 0.25) is 0 Å². The second kappa shape index (κ2) is 8.64. The summed E-state index contributed by atoms with van der Waals surface area (Å²) in [5.74, 6) is 0. The zero-order chi connectivity index (χ0) is 20.3. The summed E-state index contributed by atoms with van der Waals surface area (Å²) in [4.78, 5) is 12.3. The average Bonchev–Trinajstić information content (AvgIpc) is 2.72. The molecular formula is C21H22O7. The highest BCUT2D eigenvalue weighted by Gasteiger charge is 2.40. The van der Waals surface area contributed by atoms with Crippen molar-refractivity contribution in [3.05, 3.63) is 71.1 Å². The van der Waals surface area contributed by atoms with E-state index in [2.05, 4.69) is 4.74 Å². The fourth-order valence-electron chi connectivity index (χ4n) is 2.92. The molecule has 1 aromatic heterocycles. The first kappa shape index (κ1) is 20.2. The first-order chi connectivity index (χ1) is 13.4. The summed E-state index contributed by atoms with van der Waals surface area (Å²) in [5.41, 5.74) is 2.12. The molecule has 4 N–H and O–H groups in total. The number of fused-ring (bicyclic) bond motifs is 1. The van der Waals surface area contributed by atoms with E-state index in [1.807, 2.05) is 42.5 Å². The fraction of sp³-hybridized carbons (Fsp3) is 0.286. The van der Waals surface area contributed by atoms with Crippen molar-refractivity contribution in [1.82, 2.24) is 0 Å². The van der Waals surface area contributed by atoms with E-state index in [1.54, 1.807) is 12.1 Å². The van der Waals surface area contributed by atoms with Crippen molar-refractivity contribution in [3.8, 4) is 11.1 Å². The molecule has 1 unspecified atom stereocenters. The monoisotopic (exact) mass is 386 g/mol. The van der Waals surface area contributed by atoms with Gasteiger partial charge in [0.15, 0.2) is 11.7 Å². The normalized spacial score (nSPS) is 27.1. The molecular weight excluding hydrogens is 364 g/mol. The third-order valence-electron chi connectivity index (χ3n) is 4.59. The maximum Gasteiger partial charge on any atom is 0.200 e. The highest BCUT2D eigenvalue weighted by Crippen LogP contribution is 2.19. The molecule has 0 bridgehead atoms. The summed E-state index contributed by atoms with van der Waals surface area (Å²) < 4.78 is 10.2. The Morgan fingerprint density at radius 2 is 1.46 bits per heavy atom. The molecule has 0 aliphatic carbocycles. The molecule has 0 radical (unpaired) electrons. The van der Waals surface area contributed by atoms with Gasteiger partial charge in [-0.1, -0.05) is 42.5 Å². The third kappa shape index (κ3) is 4.14. The highest BCUT2D eigenvalue weighted by atomic mass is 16.6. The van der Waals surface area contributed by atoms with Gasteiger partial charge in [-0.15, -0.1) is 0 Å². The Hall–Kier alpha value is -2.55. The number of ether oxygens (including phenoxy) is 1. The van der Waals surface area contributed by atoms with Crippen LogP contribution < -0.4 is 5.43 Å². The van der Waals surface area contributed by atoms with Crippen LogP contribution in [0.4, 0.5) is 0 Å². The maximum atomic E-state index is 12.3. The van der Waals surface area contributed by atoms with Crippen LogP contribution in [0.1, 0.15) is 6.92 Å². The molecule has 1 fully saturated rings. The van der Waals surface area contributed by atoms with Crippen LogP contribution in [-0.2, 0) is 4.74 Å². The summed E-state index contributed by atoms with van der Waals surface area (Å²) in [6.45, 7) is 1.50. The lowest BCUT2D eigenvalue weighted by atomic mass is 10.0. The summed E-state index contributed by atoms with van der Waals surface area (Å²) in [6, 6.07) is 16.8. The molecule has 5 atom stereocenters. The largest absolute Gasteiger partial charge is 0.463 e. The van der Waals surface area contributed by atoms with E-state index in [9.17, 15) is 4.79 Å². The second-order valence-electron chi connectivity index (χ2n) is 6.54. The Kier molecular flexibility index (Phi) is 6.23. The lowest BCUT2D eigenvalue weighted by Gasteiger charge is -2.36. The van der Waals surface area contributed by atoms with E-state index in [4.69, 9.17) is 24.8 Å². The van der Waals surface area contributed by atoms with Crippen molar-refractivity contribution < 1.29 is 29.6 Å². The zero-order valence-electron chi connectivity index (χ0n) is 15.2. The van der Waals surface area contributed by atoms with E-state index < -0.39 is 30.7 Å². The molecule has 0 amide bonds. The molecule has 7 nitrogen and oxygen atoms in total. The molecule has 28 heavy (non-hydrogen) atoms. The van der Waals surface area contributed by atoms with Gasteiger partial charge in [-0.05, 0) is 24.6 Å². The van der Waals surface area contributed by atoms with E-state index >= 15 is 0 Å². The number of rotatable bonds is 1. The summed E-state index contributed by atoms with van der Waals surface area (Å²) >= 11 is 0. The first-order valence-electron chi connectivity index (χ1n) is 8.84. The molecule has 1 aliphatic rings. The van der Waals surface area contributed by atoms with Crippen molar-refractivity contribution in [2.45, 2.75) is 37.6 Å². The van der Waals surface area contributed by atoms with Crippen molar-refractivity contribution >= 4 is 11.0 Å². The van der Waals surface area contributed by atoms with E-state index in [1.165, 1.54) is 13.2 Å². The van der Waals surface area contributed by atoms with Crippen molar-refractivity contribution in [2.75, 3.05) is 0 Å². The van der Waals surface area contributed by atoms with Gasteiger partial charge >= 0.3 is 0 Å². The Morgan fingerprint density at radius 3 is 2.18 bits per heavy atom. The van der Waals surface area contributed by atoms with E-state index in [0.717, 1.165) is 5.56 Å². The minimum atomic E-state index is -1.43. The van der Waals surface area contributed by atoms with Crippen LogP contribution in [0.15, 0.2) is 70.1 Å². The minimum Gasteiger partial charge on any atom is -0.463 e. The Morgan fingerprint density at radius 1 is 0.821 bits per heavy atom. The Balaban J connectivity index is 0.000000178. The summed E-state index contributed by atoms with van der Waals surface area (Å²) in [5, 5.41) is 36.6. The van der Waals surface area contributed by atoms with Crippen LogP contribution in [-0.4, -0.2) is 51.1 Å². The molecule has 0 saturated carbocycles. The molecule has 2 heterocycles. The number of para-hydroxylation sites is 1. The van der Waals surface area contributed by atoms with Gasteiger partial charge in [-0.2, -0.15) is 0 Å². The predicted octanol–water partition coefficient (Wildman–Crippen LogP) is 1.27. The lowest BCUT2D eigenvalue weighted by molar-refractivity contribution is -0.277. The third-order valence-corrected chi connectivity index (χ3v) is 4.59. The molecule has 4 rings (SSSR count). The number of hydrogen-bond acceptors (Lipinski definition) is 7. The van der Waals surface area contributed by atoms with E-state index in [-0.39, 0.29) is 5.43 Å². The van der Waals surface area contributed by atoms with Gasteiger partial charge in [0, 0.05) is 0 Å². The molecule has 1 aliphatic heterocycles. The number of benzene rings is 2. The average molecular weight is 386 g/mol. The van der Waals surface area contributed by atoms with Gasteiger partial charge in [0.25, 0.3) is 0 Å². The number of aliphatic hydroxyl groups excluding tert-OH is 4. The van der Waals surface area contributed by atoms with E-state index in [0.29, 0.717) is 16.5 Å². The lowest BCUT2D eigenvalue weighted by Crippen LogP contribution is -2.56. The number of aliphatic hydroxyl groups is 4. The van der Waals surface area contributed by atoms with Crippen LogP contribution in [0.25, 0.3) is 22.1 Å². The van der Waals surface area contributed by atoms with Gasteiger partial charge in [0.05, 0.1) is 17.1 Å². The quantitative estimate of drug-likeness (QED) is 0.497. The topological polar surface area (TPSA) is 120 Å². The maximum absolute atomic E-state index is 12.3. The van der Waals surface area contributed by atoms with Crippen LogP contribution in [0, 0.1) is 0 Å². The smallest absolute Gasteiger partial charge is 0.200 e. The number of hydrogen-bond donors (Lipinski definition) is 4. The van der Waals surface area contributed by atoms with Crippen LogP contribution in [0.3, 0.4) is 0 Å². The molecule has 148 valence electrons. The molecule has 2 aromatic carbocycles. The van der Waals surface area contributed by atoms with Crippen molar-refractivity contribution in [3.63, 3.8) is 0 Å². The second-order valence-corrected chi connectivity index (χ2v) is 6.54. The standard InChI is InChI=1S/C15H10O2.C6H12O5/c16-15-12-8-4-5-9-14(12)17-10-13(15)11-6-2-1-3-7-11;1-2-3(7)4(8)5(9)6(10)11-2/h1-10H;2-10H,1H3/t;2-,3-,4+,5+,6?/m.1/s1. The van der Waals surface area contributed by atoms with Gasteiger partial charge in [-0.3, -0.25) is 4.79 Å². The molecule has 3 aromatic rings. The predicted molar refractivity (Wildman–Crippen MR) is 102 cm³/mol. The fourth-order valence-corrected chi connectivity index (χ4v) is 2.92. The van der Waals surface area contributed by atoms with Crippen molar-refractivity contribution in [2.24, 2.45) is 0 Å². The minimum absolute atomic E-state index is 0.0121. The van der Waals surface area contributed by atoms with Crippen LogP contribution in [0.5, 0.6) is 0 Å². The SMILES string of the molecule is C[C@H]1OC(O)[C@@H](O)[C@@H](O)[C@@H]1O.O=c1c(-c2ccccc2)coc2ccccc12. The first-order valence-corrected chi connectivity index (χ1v) is 8.84. The Labute approximate surface area is 161 Å². The molecule has 1 saturated heterocycles. The molecule has 0 spiro atoms. The summed E-state index contributed by atoms with van der Waals surface area (Å²) in [7, 11) is 0. The van der Waals surface area contributed by atoms with Gasteiger partial charge in [-0.25, -0.2) is 0 Å². The highest BCUT2D eigenvalue weighted by molar-refractivity contribution is 5.81. The summed E-state index contributed by atoms with van der Waals surface area (Å²) in [6.07, 6.45) is -4.46. The molecule has 7 heteroatoms. The van der Waals surface area contributed by atoms with Gasteiger partial charge in [0.2, 0.25) is 0 Å². The van der Waals surface area contributed by atoms with Crippen LogP contribution >= 0.6 is 0 Å².